The van der Waals surface area contributed by atoms with Crippen molar-refractivity contribution in [3.63, 3.8) is 0 Å². The SMILES string of the molecule is CCc1nc(NCC(C)N(C)C)cc(=O)[nH]1. The second-order valence-electron chi connectivity index (χ2n) is 4.12. The van der Waals surface area contributed by atoms with E-state index in [2.05, 4.69) is 27.1 Å². The highest BCUT2D eigenvalue weighted by molar-refractivity contribution is 5.33. The van der Waals surface area contributed by atoms with Gasteiger partial charge in [-0.05, 0) is 21.0 Å². The van der Waals surface area contributed by atoms with Crippen molar-refractivity contribution in [3.05, 3.63) is 22.2 Å². The molecule has 0 aliphatic heterocycles. The number of nitrogens with one attached hydrogen (secondary N) is 2. The Morgan fingerprint density at radius 1 is 1.56 bits per heavy atom. The van der Waals surface area contributed by atoms with E-state index in [1.54, 1.807) is 0 Å². The summed E-state index contributed by atoms with van der Waals surface area (Å²) < 4.78 is 0. The van der Waals surface area contributed by atoms with Gasteiger partial charge in [0.25, 0.3) is 5.56 Å². The summed E-state index contributed by atoms with van der Waals surface area (Å²) in [6.45, 7) is 4.85. The minimum Gasteiger partial charge on any atom is -0.368 e. The van der Waals surface area contributed by atoms with Gasteiger partial charge < -0.3 is 15.2 Å². The summed E-state index contributed by atoms with van der Waals surface area (Å²) in [5.41, 5.74) is -0.105. The molecule has 1 heterocycles. The van der Waals surface area contributed by atoms with Gasteiger partial charge in [-0.1, -0.05) is 6.92 Å². The summed E-state index contributed by atoms with van der Waals surface area (Å²) in [6, 6.07) is 1.88. The van der Waals surface area contributed by atoms with Crippen LogP contribution < -0.4 is 10.9 Å². The van der Waals surface area contributed by atoms with E-state index in [0.29, 0.717) is 17.7 Å². The van der Waals surface area contributed by atoms with Crippen molar-refractivity contribution in [1.29, 1.82) is 0 Å². The maximum atomic E-state index is 11.3. The fraction of sp³-hybridized carbons (Fsp3) is 0.636. The van der Waals surface area contributed by atoms with Crippen LogP contribution in [0.4, 0.5) is 5.82 Å². The first-order valence-electron chi connectivity index (χ1n) is 5.53. The first-order valence-corrected chi connectivity index (χ1v) is 5.53. The van der Waals surface area contributed by atoms with Crippen LogP contribution in [0.1, 0.15) is 19.7 Å². The second kappa shape index (κ2) is 5.65. The highest BCUT2D eigenvalue weighted by Gasteiger charge is 2.05. The summed E-state index contributed by atoms with van der Waals surface area (Å²) in [5, 5.41) is 3.17. The van der Waals surface area contributed by atoms with Crippen molar-refractivity contribution < 1.29 is 0 Å². The average Bonchev–Trinajstić information content (AvgIpc) is 2.24. The molecule has 2 N–H and O–H groups in total. The largest absolute Gasteiger partial charge is 0.368 e. The summed E-state index contributed by atoms with van der Waals surface area (Å²) >= 11 is 0. The van der Waals surface area contributed by atoms with Crippen LogP contribution in [0.15, 0.2) is 10.9 Å². The Balaban J connectivity index is 2.67. The number of hydrogen-bond acceptors (Lipinski definition) is 4. The lowest BCUT2D eigenvalue weighted by Crippen LogP contribution is -2.32. The molecule has 0 spiro atoms. The van der Waals surface area contributed by atoms with Gasteiger partial charge in [0.15, 0.2) is 0 Å². The number of H-pyrrole nitrogens is 1. The van der Waals surface area contributed by atoms with E-state index in [0.717, 1.165) is 13.0 Å². The zero-order valence-electron chi connectivity index (χ0n) is 10.4. The molecule has 1 atom stereocenters. The summed E-state index contributed by atoms with van der Waals surface area (Å²) in [4.78, 5) is 20.4. The molecule has 16 heavy (non-hydrogen) atoms. The number of likely N-dealkylation sites (N-methyl/N-ethyl adjacent to an activating group) is 1. The molecule has 0 fully saturated rings. The molecule has 1 aromatic rings. The van der Waals surface area contributed by atoms with Gasteiger partial charge in [0.05, 0.1) is 0 Å². The molecular formula is C11H20N4O. The first-order chi connectivity index (χ1) is 7.52. The van der Waals surface area contributed by atoms with Crippen LogP contribution in [0, 0.1) is 0 Å². The number of aromatic amines is 1. The lowest BCUT2D eigenvalue weighted by atomic mass is 10.3. The fourth-order valence-electron chi connectivity index (χ4n) is 1.20. The lowest BCUT2D eigenvalue weighted by molar-refractivity contribution is 0.326. The van der Waals surface area contributed by atoms with Crippen LogP contribution in [0.5, 0.6) is 0 Å². The monoisotopic (exact) mass is 224 g/mol. The molecule has 1 rings (SSSR count). The van der Waals surface area contributed by atoms with Crippen LogP contribution >= 0.6 is 0 Å². The van der Waals surface area contributed by atoms with Crippen LogP contribution in [0.25, 0.3) is 0 Å². The Hall–Kier alpha value is -1.36. The average molecular weight is 224 g/mol. The Bertz CT molecular complexity index is 386. The molecule has 0 saturated carbocycles. The van der Waals surface area contributed by atoms with Crippen LogP contribution in [-0.4, -0.2) is 41.5 Å². The standard InChI is InChI=1S/C11H20N4O/c1-5-9-13-10(6-11(16)14-9)12-7-8(2)15(3)4/h6,8H,5,7H2,1-4H3,(H2,12,13,14,16). The predicted octanol–water partition coefficient (Wildman–Crippen LogP) is 0.694. The van der Waals surface area contributed by atoms with E-state index in [-0.39, 0.29) is 5.56 Å². The summed E-state index contributed by atoms with van der Waals surface area (Å²) in [6.07, 6.45) is 0.730. The van der Waals surface area contributed by atoms with E-state index in [4.69, 9.17) is 0 Å². The molecule has 1 aromatic heterocycles. The molecular weight excluding hydrogens is 204 g/mol. The molecule has 90 valence electrons. The van der Waals surface area contributed by atoms with Crippen molar-refractivity contribution in [1.82, 2.24) is 14.9 Å². The van der Waals surface area contributed by atoms with Gasteiger partial charge in [-0.2, -0.15) is 0 Å². The van der Waals surface area contributed by atoms with Gasteiger partial charge in [-0.15, -0.1) is 0 Å². The molecule has 0 bridgehead atoms. The number of aromatic nitrogens is 2. The summed E-state index contributed by atoms with van der Waals surface area (Å²) in [5.74, 6) is 1.36. The second-order valence-corrected chi connectivity index (χ2v) is 4.12. The van der Waals surface area contributed by atoms with Gasteiger partial charge >= 0.3 is 0 Å². The highest BCUT2D eigenvalue weighted by atomic mass is 16.1. The molecule has 0 amide bonds. The number of anilines is 1. The molecule has 0 radical (unpaired) electrons. The van der Waals surface area contributed by atoms with Crippen molar-refractivity contribution >= 4 is 5.82 Å². The van der Waals surface area contributed by atoms with Gasteiger partial charge in [0.2, 0.25) is 0 Å². The Morgan fingerprint density at radius 2 is 2.25 bits per heavy atom. The van der Waals surface area contributed by atoms with Crippen molar-refractivity contribution in [2.75, 3.05) is 26.0 Å². The molecule has 5 nitrogen and oxygen atoms in total. The Kier molecular flexibility index (Phi) is 4.49. The smallest absolute Gasteiger partial charge is 0.252 e. The van der Waals surface area contributed by atoms with Gasteiger partial charge in [-0.3, -0.25) is 4.79 Å². The quantitative estimate of drug-likeness (QED) is 0.772. The van der Waals surface area contributed by atoms with E-state index < -0.39 is 0 Å². The van der Waals surface area contributed by atoms with Crippen LogP contribution in [0.3, 0.4) is 0 Å². The molecule has 5 heteroatoms. The van der Waals surface area contributed by atoms with Gasteiger partial charge in [-0.25, -0.2) is 4.98 Å². The molecule has 1 unspecified atom stereocenters. The number of nitrogens with zero attached hydrogens (tertiary/aromatic N) is 2. The maximum Gasteiger partial charge on any atom is 0.252 e. The minimum atomic E-state index is -0.105. The third kappa shape index (κ3) is 3.66. The molecule has 0 aliphatic carbocycles. The van der Waals surface area contributed by atoms with E-state index in [9.17, 15) is 4.79 Å². The van der Waals surface area contributed by atoms with Gasteiger partial charge in [0, 0.05) is 25.1 Å². The molecule has 0 aliphatic rings. The Morgan fingerprint density at radius 3 is 2.81 bits per heavy atom. The molecule has 0 aromatic carbocycles. The predicted molar refractivity (Wildman–Crippen MR) is 65.9 cm³/mol. The van der Waals surface area contributed by atoms with Crippen molar-refractivity contribution in [2.45, 2.75) is 26.3 Å². The van der Waals surface area contributed by atoms with E-state index >= 15 is 0 Å². The first kappa shape index (κ1) is 12.7. The minimum absolute atomic E-state index is 0.105. The highest BCUT2D eigenvalue weighted by Crippen LogP contribution is 2.00. The number of hydrogen-bond donors (Lipinski definition) is 2. The number of aryl methyl sites for hydroxylation is 1. The fourth-order valence-corrected chi connectivity index (χ4v) is 1.20. The van der Waals surface area contributed by atoms with Crippen molar-refractivity contribution in [2.24, 2.45) is 0 Å². The van der Waals surface area contributed by atoms with Gasteiger partial charge in [0.1, 0.15) is 11.6 Å². The van der Waals surface area contributed by atoms with Crippen LogP contribution in [-0.2, 0) is 6.42 Å². The number of rotatable bonds is 5. The third-order valence-electron chi connectivity index (χ3n) is 2.59. The zero-order valence-corrected chi connectivity index (χ0v) is 10.4. The van der Waals surface area contributed by atoms with Crippen LogP contribution in [0.2, 0.25) is 0 Å². The van der Waals surface area contributed by atoms with E-state index in [1.165, 1.54) is 6.07 Å². The lowest BCUT2D eigenvalue weighted by Gasteiger charge is -2.20. The maximum absolute atomic E-state index is 11.3. The normalized spacial score (nSPS) is 12.8. The van der Waals surface area contributed by atoms with E-state index in [1.807, 2.05) is 21.0 Å². The molecule has 0 saturated heterocycles. The van der Waals surface area contributed by atoms with Crippen molar-refractivity contribution in [3.8, 4) is 0 Å². The topological polar surface area (TPSA) is 61.0 Å². The third-order valence-corrected chi connectivity index (χ3v) is 2.59. The zero-order chi connectivity index (χ0) is 12.1. The Labute approximate surface area is 95.9 Å². The summed E-state index contributed by atoms with van der Waals surface area (Å²) in [7, 11) is 4.05.